The molecule has 1 atom stereocenters. The third-order valence-corrected chi connectivity index (χ3v) is 2.37. The highest BCUT2D eigenvalue weighted by atomic mass is 79.9. The smallest absolute Gasteiger partial charge is 0.248 e. The predicted molar refractivity (Wildman–Crippen MR) is 49.7 cm³/mol. The molecular weight excluding hydrogens is 242 g/mol. The summed E-state index contributed by atoms with van der Waals surface area (Å²) in [5.41, 5.74) is 5.55. The van der Waals surface area contributed by atoms with Crippen LogP contribution in [0.3, 0.4) is 0 Å². The van der Waals surface area contributed by atoms with Crippen molar-refractivity contribution in [3.63, 3.8) is 0 Å². The molecule has 1 rings (SSSR count). The van der Waals surface area contributed by atoms with Gasteiger partial charge in [-0.25, -0.2) is 8.78 Å². The highest BCUT2D eigenvalue weighted by molar-refractivity contribution is 9.10. The molecule has 0 radical (unpaired) electrons. The highest BCUT2D eigenvalue weighted by Gasteiger charge is 2.23. The Hall–Kier alpha value is -0.550. The number of hydrogen-bond donors (Lipinski definition) is 1. The van der Waals surface area contributed by atoms with Crippen molar-refractivity contribution < 1.29 is 8.78 Å². The van der Waals surface area contributed by atoms with Crippen molar-refractivity contribution in [3.8, 4) is 0 Å². The van der Waals surface area contributed by atoms with E-state index in [2.05, 4.69) is 20.9 Å². The van der Waals surface area contributed by atoms with E-state index in [0.29, 0.717) is 10.2 Å². The minimum Gasteiger partial charge on any atom is -0.330 e. The molecule has 1 unspecified atom stereocenters. The number of aromatic nitrogens is 1. The lowest BCUT2D eigenvalue weighted by atomic mass is 10.1. The Morgan fingerprint density at radius 3 is 2.69 bits per heavy atom. The van der Waals surface area contributed by atoms with E-state index in [-0.39, 0.29) is 6.54 Å². The summed E-state index contributed by atoms with van der Waals surface area (Å²) in [4.78, 5) is 3.86. The average molecular weight is 251 g/mol. The van der Waals surface area contributed by atoms with Crippen LogP contribution in [-0.4, -0.2) is 18.0 Å². The van der Waals surface area contributed by atoms with E-state index in [4.69, 9.17) is 5.73 Å². The largest absolute Gasteiger partial charge is 0.330 e. The molecule has 0 saturated carbocycles. The fourth-order valence-electron chi connectivity index (χ4n) is 1.00. The molecule has 2 N–H and O–H groups in total. The van der Waals surface area contributed by atoms with E-state index >= 15 is 0 Å². The van der Waals surface area contributed by atoms with Gasteiger partial charge in [0.15, 0.2) is 0 Å². The molecule has 0 aliphatic rings. The van der Waals surface area contributed by atoms with Crippen LogP contribution in [0, 0.1) is 0 Å². The summed E-state index contributed by atoms with van der Waals surface area (Å²) < 4.78 is 25.4. The van der Waals surface area contributed by atoms with E-state index in [1.807, 2.05) is 0 Å². The summed E-state index contributed by atoms with van der Waals surface area (Å²) in [6.45, 7) is -0.104. The first kappa shape index (κ1) is 10.5. The Balaban J connectivity index is 2.97. The summed E-state index contributed by atoms with van der Waals surface area (Å²) >= 11 is 3.15. The summed E-state index contributed by atoms with van der Waals surface area (Å²) in [6, 6.07) is 3.35. The summed E-state index contributed by atoms with van der Waals surface area (Å²) in [6.07, 6.45) is -0.998. The van der Waals surface area contributed by atoms with Crippen molar-refractivity contribution in [3.05, 3.63) is 28.5 Å². The molecule has 0 amide bonds. The van der Waals surface area contributed by atoms with Crippen molar-refractivity contribution in [2.75, 3.05) is 6.54 Å². The third-order valence-electron chi connectivity index (χ3n) is 1.70. The molecule has 0 saturated heterocycles. The van der Waals surface area contributed by atoms with Gasteiger partial charge in [0, 0.05) is 17.2 Å². The lowest BCUT2D eigenvalue weighted by Crippen LogP contribution is -2.21. The van der Waals surface area contributed by atoms with Crippen molar-refractivity contribution >= 4 is 15.9 Å². The van der Waals surface area contributed by atoms with Gasteiger partial charge >= 0.3 is 0 Å². The SMILES string of the molecule is NCC(c1ncccc1Br)C(F)F. The molecule has 0 aliphatic heterocycles. The fraction of sp³-hybridized carbons (Fsp3) is 0.375. The molecule has 0 spiro atoms. The van der Waals surface area contributed by atoms with E-state index < -0.39 is 12.3 Å². The molecule has 5 heteroatoms. The quantitative estimate of drug-likeness (QED) is 0.893. The maximum absolute atomic E-state index is 12.4. The molecule has 0 bridgehead atoms. The number of rotatable bonds is 3. The van der Waals surface area contributed by atoms with Gasteiger partial charge in [-0.15, -0.1) is 0 Å². The molecular formula is C8H9BrF2N2. The Bertz CT molecular complexity index is 281. The van der Waals surface area contributed by atoms with Gasteiger partial charge < -0.3 is 5.73 Å². The number of alkyl halides is 2. The number of nitrogens with two attached hydrogens (primary N) is 1. The number of pyridine rings is 1. The Kier molecular flexibility index (Phi) is 3.74. The van der Waals surface area contributed by atoms with Gasteiger partial charge in [-0.2, -0.15) is 0 Å². The normalized spacial score (nSPS) is 13.3. The van der Waals surface area contributed by atoms with Crippen LogP contribution in [0.1, 0.15) is 11.6 Å². The monoisotopic (exact) mass is 250 g/mol. The van der Waals surface area contributed by atoms with Crippen LogP contribution >= 0.6 is 15.9 Å². The van der Waals surface area contributed by atoms with Crippen LogP contribution in [0.2, 0.25) is 0 Å². The summed E-state index contributed by atoms with van der Waals surface area (Å²) in [5, 5.41) is 0. The van der Waals surface area contributed by atoms with E-state index in [0.717, 1.165) is 0 Å². The zero-order valence-electron chi connectivity index (χ0n) is 6.75. The Morgan fingerprint density at radius 1 is 1.54 bits per heavy atom. The summed E-state index contributed by atoms with van der Waals surface area (Å²) in [5.74, 6) is -0.990. The van der Waals surface area contributed by atoms with Crippen LogP contribution in [-0.2, 0) is 0 Å². The van der Waals surface area contributed by atoms with Crippen LogP contribution < -0.4 is 5.73 Å². The molecule has 1 aromatic heterocycles. The molecule has 1 aromatic rings. The van der Waals surface area contributed by atoms with Crippen molar-refractivity contribution in [1.82, 2.24) is 4.98 Å². The van der Waals surface area contributed by atoms with Crippen molar-refractivity contribution in [2.45, 2.75) is 12.3 Å². The van der Waals surface area contributed by atoms with Gasteiger partial charge in [-0.05, 0) is 28.1 Å². The number of hydrogen-bond acceptors (Lipinski definition) is 2. The minimum atomic E-state index is -2.48. The first-order chi connectivity index (χ1) is 6.16. The van der Waals surface area contributed by atoms with E-state index in [1.165, 1.54) is 6.20 Å². The zero-order chi connectivity index (χ0) is 9.84. The third kappa shape index (κ3) is 2.45. The highest BCUT2D eigenvalue weighted by Crippen LogP contribution is 2.26. The molecule has 2 nitrogen and oxygen atoms in total. The van der Waals surface area contributed by atoms with Gasteiger partial charge in [0.2, 0.25) is 6.43 Å². The first-order valence-electron chi connectivity index (χ1n) is 3.75. The van der Waals surface area contributed by atoms with E-state index in [1.54, 1.807) is 12.1 Å². The van der Waals surface area contributed by atoms with Crippen molar-refractivity contribution in [1.29, 1.82) is 0 Å². The molecule has 1 heterocycles. The average Bonchev–Trinajstić information content (AvgIpc) is 2.09. The van der Waals surface area contributed by atoms with Crippen LogP contribution in [0.25, 0.3) is 0 Å². The first-order valence-corrected chi connectivity index (χ1v) is 4.54. The summed E-state index contributed by atoms with van der Waals surface area (Å²) in [7, 11) is 0. The van der Waals surface area contributed by atoms with Gasteiger partial charge in [0.05, 0.1) is 11.6 Å². The van der Waals surface area contributed by atoms with Gasteiger partial charge in [0.1, 0.15) is 0 Å². The standard InChI is InChI=1S/C8H9BrF2N2/c9-6-2-1-3-13-7(6)5(4-12)8(10)11/h1-3,5,8H,4,12H2. The molecule has 72 valence electrons. The zero-order valence-corrected chi connectivity index (χ0v) is 8.34. The van der Waals surface area contributed by atoms with Gasteiger partial charge in [-0.1, -0.05) is 0 Å². The Labute approximate surface area is 83.3 Å². The van der Waals surface area contributed by atoms with Gasteiger partial charge in [0.25, 0.3) is 0 Å². The fourth-order valence-corrected chi connectivity index (χ4v) is 1.55. The van der Waals surface area contributed by atoms with E-state index in [9.17, 15) is 8.78 Å². The lowest BCUT2D eigenvalue weighted by Gasteiger charge is -2.13. The van der Waals surface area contributed by atoms with Crippen molar-refractivity contribution in [2.24, 2.45) is 5.73 Å². The second-order valence-electron chi connectivity index (χ2n) is 2.55. The number of nitrogens with zero attached hydrogens (tertiary/aromatic N) is 1. The second-order valence-corrected chi connectivity index (χ2v) is 3.40. The predicted octanol–water partition coefficient (Wildman–Crippen LogP) is 2.15. The van der Waals surface area contributed by atoms with Gasteiger partial charge in [-0.3, -0.25) is 4.98 Å². The van der Waals surface area contributed by atoms with Crippen LogP contribution in [0.15, 0.2) is 22.8 Å². The maximum Gasteiger partial charge on any atom is 0.248 e. The topological polar surface area (TPSA) is 38.9 Å². The molecule has 0 aromatic carbocycles. The molecule has 0 aliphatic carbocycles. The number of halogens is 3. The Morgan fingerprint density at radius 2 is 2.23 bits per heavy atom. The molecule has 13 heavy (non-hydrogen) atoms. The maximum atomic E-state index is 12.4. The van der Waals surface area contributed by atoms with Crippen LogP contribution in [0.4, 0.5) is 8.78 Å². The second kappa shape index (κ2) is 4.62. The molecule has 0 fully saturated rings. The minimum absolute atomic E-state index is 0.104. The lowest BCUT2D eigenvalue weighted by molar-refractivity contribution is 0.115. The van der Waals surface area contributed by atoms with Crippen LogP contribution in [0.5, 0.6) is 0 Å².